The zero-order valence-electron chi connectivity index (χ0n) is 23.6. The summed E-state index contributed by atoms with van der Waals surface area (Å²) in [5, 5.41) is 18.1. The summed E-state index contributed by atoms with van der Waals surface area (Å²) in [6.45, 7) is 1.97. The van der Waals surface area contributed by atoms with Crippen LogP contribution in [-0.2, 0) is 32.7 Å². The Bertz CT molecular complexity index is 765. The number of aliphatic hydroxyl groups is 2. The second-order valence-corrected chi connectivity index (χ2v) is 10.5. The number of ether oxygens (including phenoxy) is 2. The highest BCUT2D eigenvalue weighted by molar-refractivity contribution is 7.47. The monoisotopic (exact) mass is 576 g/mol. The van der Waals surface area contributed by atoms with Gasteiger partial charge in [0.1, 0.15) is 12.7 Å². The van der Waals surface area contributed by atoms with E-state index in [1.807, 2.05) is 6.92 Å². The zero-order chi connectivity index (χ0) is 29.2. The van der Waals surface area contributed by atoms with E-state index in [0.29, 0.717) is 12.8 Å². The SMILES string of the molecule is CC/C=C\C/C=C\C/C=C\CCCCCC(=O)OC(COC(=O)CCCCC)COP(=O)(O)OCC(O)CO. The van der Waals surface area contributed by atoms with Crippen molar-refractivity contribution in [1.29, 1.82) is 0 Å². The van der Waals surface area contributed by atoms with Gasteiger partial charge < -0.3 is 24.6 Å². The molecule has 0 fully saturated rings. The molecule has 11 heteroatoms. The van der Waals surface area contributed by atoms with Crippen molar-refractivity contribution in [3.05, 3.63) is 36.5 Å². The molecular formula is C28H49O10P. The normalized spacial score (nSPS) is 15.1. The molecule has 10 nitrogen and oxygen atoms in total. The minimum atomic E-state index is -4.59. The number of hydrogen-bond donors (Lipinski definition) is 3. The van der Waals surface area contributed by atoms with Crippen molar-refractivity contribution in [2.24, 2.45) is 0 Å². The van der Waals surface area contributed by atoms with Crippen molar-refractivity contribution < 1.29 is 47.8 Å². The molecule has 0 aromatic heterocycles. The second kappa shape index (κ2) is 25.2. The Morgan fingerprint density at radius 1 is 0.795 bits per heavy atom. The lowest BCUT2D eigenvalue weighted by Gasteiger charge is -2.20. The molecule has 3 unspecified atom stereocenters. The smallest absolute Gasteiger partial charge is 0.462 e. The highest BCUT2D eigenvalue weighted by Crippen LogP contribution is 2.43. The number of rotatable bonds is 25. The van der Waals surface area contributed by atoms with Gasteiger partial charge in [-0.1, -0.05) is 69.6 Å². The van der Waals surface area contributed by atoms with Gasteiger partial charge in [0.15, 0.2) is 6.10 Å². The number of phosphoric ester groups is 1. The molecule has 0 aromatic rings. The Hall–Kier alpha value is -1.81. The summed E-state index contributed by atoms with van der Waals surface area (Å²) >= 11 is 0. The maximum atomic E-state index is 12.3. The molecule has 3 atom stereocenters. The first-order chi connectivity index (χ1) is 18.7. The van der Waals surface area contributed by atoms with Gasteiger partial charge in [0.2, 0.25) is 0 Å². The van der Waals surface area contributed by atoms with E-state index in [2.05, 4.69) is 47.9 Å². The van der Waals surface area contributed by atoms with E-state index in [1.54, 1.807) is 0 Å². The largest absolute Gasteiger partial charge is 0.472 e. The summed E-state index contributed by atoms with van der Waals surface area (Å²) in [4.78, 5) is 34.0. The van der Waals surface area contributed by atoms with Crippen molar-refractivity contribution >= 4 is 19.8 Å². The molecule has 0 bridgehead atoms. The fraction of sp³-hybridized carbons (Fsp3) is 0.714. The van der Waals surface area contributed by atoms with E-state index < -0.39 is 51.8 Å². The van der Waals surface area contributed by atoms with Gasteiger partial charge in [-0.2, -0.15) is 0 Å². The third kappa shape index (κ3) is 24.9. The highest BCUT2D eigenvalue weighted by Gasteiger charge is 2.27. The fourth-order valence-corrected chi connectivity index (χ4v) is 3.91. The Balaban J connectivity index is 4.46. The van der Waals surface area contributed by atoms with Gasteiger partial charge in [-0.25, -0.2) is 4.57 Å². The van der Waals surface area contributed by atoms with Crippen LogP contribution in [0.5, 0.6) is 0 Å². The van der Waals surface area contributed by atoms with Crippen LogP contribution < -0.4 is 0 Å². The van der Waals surface area contributed by atoms with E-state index in [1.165, 1.54) is 0 Å². The van der Waals surface area contributed by atoms with Gasteiger partial charge >= 0.3 is 19.8 Å². The maximum Gasteiger partial charge on any atom is 0.472 e. The lowest BCUT2D eigenvalue weighted by atomic mass is 10.1. The van der Waals surface area contributed by atoms with Crippen molar-refractivity contribution in [2.75, 3.05) is 26.4 Å². The third-order valence-electron chi connectivity index (χ3n) is 5.31. The molecule has 0 saturated heterocycles. The summed E-state index contributed by atoms with van der Waals surface area (Å²) in [5.41, 5.74) is 0. The highest BCUT2D eigenvalue weighted by atomic mass is 31.2. The molecule has 0 heterocycles. The van der Waals surface area contributed by atoms with Crippen LogP contribution in [0.2, 0.25) is 0 Å². The number of aliphatic hydroxyl groups excluding tert-OH is 2. The topological polar surface area (TPSA) is 149 Å². The van der Waals surface area contributed by atoms with Crippen molar-refractivity contribution in [2.45, 2.75) is 103 Å². The van der Waals surface area contributed by atoms with E-state index >= 15 is 0 Å². The molecule has 0 rings (SSSR count). The maximum absolute atomic E-state index is 12.3. The summed E-state index contributed by atoms with van der Waals surface area (Å²) in [6, 6.07) is 0. The number of carbonyl (C=O) groups excluding carboxylic acids is 2. The third-order valence-corrected chi connectivity index (χ3v) is 6.26. The number of phosphoric acid groups is 1. The summed E-state index contributed by atoms with van der Waals surface area (Å²) in [7, 11) is -4.59. The fourth-order valence-electron chi connectivity index (χ4n) is 3.12. The molecule has 0 saturated carbocycles. The van der Waals surface area contributed by atoms with Crippen LogP contribution in [0.15, 0.2) is 36.5 Å². The minimum absolute atomic E-state index is 0.147. The summed E-state index contributed by atoms with van der Waals surface area (Å²) < 4.78 is 31.9. The average Bonchev–Trinajstić information content (AvgIpc) is 2.91. The lowest BCUT2D eigenvalue weighted by Crippen LogP contribution is -2.29. The second-order valence-electron chi connectivity index (χ2n) is 9.04. The van der Waals surface area contributed by atoms with Gasteiger partial charge in [0, 0.05) is 12.8 Å². The van der Waals surface area contributed by atoms with Gasteiger partial charge in [0.25, 0.3) is 0 Å². The molecule has 0 aromatic carbocycles. The first kappa shape index (κ1) is 37.2. The van der Waals surface area contributed by atoms with E-state index in [0.717, 1.165) is 51.4 Å². The Labute approximate surface area is 233 Å². The summed E-state index contributed by atoms with van der Waals surface area (Å²) in [6.07, 6.45) is 19.4. The molecular weight excluding hydrogens is 527 g/mol. The van der Waals surface area contributed by atoms with Crippen LogP contribution in [0.25, 0.3) is 0 Å². The standard InChI is InChI=1S/C28H49O10P/c1-3-5-7-8-9-10-11-12-13-14-15-16-18-20-28(32)38-26(23-35-27(31)19-17-6-4-2)24-37-39(33,34)36-22-25(30)21-29/h5,7,9-10,12-13,25-26,29-30H,3-4,6,8,11,14-24H2,1-2H3,(H,33,34)/b7-5-,10-9-,13-12-. The van der Waals surface area contributed by atoms with Crippen LogP contribution in [0, 0.1) is 0 Å². The van der Waals surface area contributed by atoms with Crippen molar-refractivity contribution in [3.63, 3.8) is 0 Å². The van der Waals surface area contributed by atoms with Crippen LogP contribution in [-0.4, -0.2) is 65.7 Å². The zero-order valence-corrected chi connectivity index (χ0v) is 24.5. The van der Waals surface area contributed by atoms with Gasteiger partial charge in [-0.05, 0) is 44.9 Å². The predicted molar refractivity (Wildman–Crippen MR) is 150 cm³/mol. The van der Waals surface area contributed by atoms with Crippen LogP contribution in [0.4, 0.5) is 0 Å². The number of unbranched alkanes of at least 4 members (excludes halogenated alkanes) is 5. The Kier molecular flexibility index (Phi) is 24.0. The summed E-state index contributed by atoms with van der Waals surface area (Å²) in [5.74, 6) is -0.997. The van der Waals surface area contributed by atoms with Crippen molar-refractivity contribution in [3.8, 4) is 0 Å². The van der Waals surface area contributed by atoms with Gasteiger partial charge in [-0.15, -0.1) is 0 Å². The lowest BCUT2D eigenvalue weighted by molar-refractivity contribution is -0.161. The molecule has 0 aliphatic rings. The van der Waals surface area contributed by atoms with E-state index in [-0.39, 0.29) is 19.4 Å². The number of esters is 2. The van der Waals surface area contributed by atoms with Gasteiger partial charge in [-0.3, -0.25) is 18.6 Å². The van der Waals surface area contributed by atoms with E-state index in [4.69, 9.17) is 19.1 Å². The molecule has 39 heavy (non-hydrogen) atoms. The number of carbonyl (C=O) groups is 2. The van der Waals surface area contributed by atoms with Crippen LogP contribution in [0.1, 0.15) is 90.9 Å². The van der Waals surface area contributed by atoms with E-state index in [9.17, 15) is 24.2 Å². The molecule has 0 amide bonds. The quantitative estimate of drug-likeness (QED) is 0.0564. The molecule has 226 valence electrons. The molecule has 0 aliphatic heterocycles. The Morgan fingerprint density at radius 3 is 2.08 bits per heavy atom. The molecule has 0 radical (unpaired) electrons. The number of hydrogen-bond acceptors (Lipinski definition) is 9. The average molecular weight is 577 g/mol. The molecule has 0 spiro atoms. The molecule has 3 N–H and O–H groups in total. The van der Waals surface area contributed by atoms with Crippen molar-refractivity contribution in [1.82, 2.24) is 0 Å². The molecule has 0 aliphatic carbocycles. The number of allylic oxidation sites excluding steroid dienone is 6. The minimum Gasteiger partial charge on any atom is -0.462 e. The first-order valence-corrected chi connectivity index (χ1v) is 15.4. The van der Waals surface area contributed by atoms with Crippen LogP contribution >= 0.6 is 7.82 Å². The first-order valence-electron chi connectivity index (χ1n) is 13.9. The predicted octanol–water partition coefficient (Wildman–Crippen LogP) is 5.32. The van der Waals surface area contributed by atoms with Gasteiger partial charge in [0.05, 0.1) is 19.8 Å². The van der Waals surface area contributed by atoms with Crippen LogP contribution in [0.3, 0.4) is 0 Å². The Morgan fingerprint density at radius 2 is 1.41 bits per heavy atom.